The molecule has 4 rings (SSSR count). The molecule has 0 spiro atoms. The van der Waals surface area contributed by atoms with Gasteiger partial charge in [0.2, 0.25) is 35.0 Å². The summed E-state index contributed by atoms with van der Waals surface area (Å²) in [6.07, 6.45) is 3.93. The van der Waals surface area contributed by atoms with Crippen molar-refractivity contribution in [3.05, 3.63) is 69.6 Å². The number of rotatable bonds is 39. The van der Waals surface area contributed by atoms with Crippen molar-refractivity contribution in [3.63, 3.8) is 0 Å². The van der Waals surface area contributed by atoms with Crippen molar-refractivity contribution < 1.29 is 67.8 Å². The number of hydrogen-bond donors (Lipinski definition) is 9. The zero-order valence-electron chi connectivity index (χ0n) is 47.5. The summed E-state index contributed by atoms with van der Waals surface area (Å²) in [5, 5.41) is 38.7. The number of methoxy groups -OCH3 is 2. The first kappa shape index (κ1) is 65.9. The van der Waals surface area contributed by atoms with Gasteiger partial charge in [-0.3, -0.25) is 48.3 Å². The summed E-state index contributed by atoms with van der Waals surface area (Å²) in [6.45, 7) is 9.60. The maximum atomic E-state index is 13.3. The number of fused-ring (bicyclic) bond motifs is 1. The molecule has 0 radical (unpaired) electrons. The Labute approximate surface area is 471 Å². The van der Waals surface area contributed by atoms with Gasteiger partial charge in [0.1, 0.15) is 5.82 Å². The largest absolute Gasteiger partial charge is 0.493 e. The lowest BCUT2D eigenvalue weighted by atomic mass is 9.84. The molecule has 26 nitrogen and oxygen atoms in total. The lowest BCUT2D eigenvalue weighted by Crippen LogP contribution is -2.51. The third-order valence-corrected chi connectivity index (χ3v) is 12.9. The van der Waals surface area contributed by atoms with Crippen LogP contribution in [0.5, 0.6) is 17.2 Å². The summed E-state index contributed by atoms with van der Waals surface area (Å²) in [6, 6.07) is 10.2. The van der Waals surface area contributed by atoms with Crippen LogP contribution in [0.3, 0.4) is 0 Å². The molecule has 0 bridgehead atoms. The molecule has 3 amide bonds. The molecule has 11 N–H and O–H groups in total. The molecule has 1 unspecified atom stereocenters. The molecule has 0 aliphatic rings. The van der Waals surface area contributed by atoms with Gasteiger partial charge >= 0.3 is 17.9 Å². The quantitative estimate of drug-likeness (QED) is 0.0290. The van der Waals surface area contributed by atoms with E-state index in [0.29, 0.717) is 72.9 Å². The third kappa shape index (κ3) is 23.9. The predicted molar refractivity (Wildman–Crippen MR) is 303 cm³/mol. The number of nitrogens with two attached hydrogens (primary N) is 2. The fourth-order valence-electron chi connectivity index (χ4n) is 9.33. The number of carbonyl (C=O) groups excluding carboxylic acids is 3. The van der Waals surface area contributed by atoms with Crippen molar-refractivity contribution in [1.29, 1.82) is 0 Å². The minimum Gasteiger partial charge on any atom is -0.493 e. The average Bonchev–Trinajstić information content (AvgIpc) is 3.37. The maximum absolute atomic E-state index is 13.3. The van der Waals surface area contributed by atoms with Gasteiger partial charge < -0.3 is 71.4 Å². The number of nitrogen functional groups attached to an aromatic ring is 2. The molecule has 0 aliphatic heterocycles. The van der Waals surface area contributed by atoms with E-state index < -0.39 is 53.6 Å². The number of nitrogens with zero attached hydrogens (tertiary/aromatic N) is 5. The molecule has 2 aromatic heterocycles. The normalized spacial score (nSPS) is 12.3. The number of aromatic amines is 1. The van der Waals surface area contributed by atoms with Crippen LogP contribution in [0.25, 0.3) is 10.9 Å². The van der Waals surface area contributed by atoms with Gasteiger partial charge in [0.25, 0.3) is 0 Å². The Hall–Kier alpha value is -7.65. The van der Waals surface area contributed by atoms with Crippen LogP contribution in [0, 0.1) is 17.8 Å². The predicted octanol–water partition coefficient (Wildman–Crippen LogP) is 2.45. The van der Waals surface area contributed by atoms with Crippen molar-refractivity contribution in [2.45, 2.75) is 66.7 Å². The van der Waals surface area contributed by atoms with Gasteiger partial charge in [0.15, 0.2) is 11.5 Å². The van der Waals surface area contributed by atoms with Crippen molar-refractivity contribution in [2.24, 2.45) is 10.8 Å². The van der Waals surface area contributed by atoms with Crippen molar-refractivity contribution in [3.8, 4) is 17.2 Å². The standard InChI is InChI=1S/C55H81N11O15/c1-8-55(5,34-65(30-49(73)74)28-47(70)61-39-12-13-40-36(2)21-45(68)62-41(40)25-39)35-66(31-50(75)76)33-54(3,4)32-64(29-48(71)72)27-46(69)59-15-18-80-20-19-79-17-14-58-44(67)11-9-10-16-81-51-42(77-6)23-37(24-43(51)78-7)22-38-26-60-53(57)63-52(38)56/h12-13,21,23-26H,8-11,14-20,22,27-35H2,1-7H3,(H,58,67)(H,59,69)(H,61,70)(H,62,68)(H,71,72)(H,73,74)(H,75,76)(H4,56,57,60,63). The van der Waals surface area contributed by atoms with Crippen LogP contribution in [0.15, 0.2) is 47.4 Å². The highest BCUT2D eigenvalue weighted by Crippen LogP contribution is 2.39. The number of carbonyl (C=O) groups is 6. The highest BCUT2D eigenvalue weighted by Gasteiger charge is 2.34. The average molecular weight is 1140 g/mol. The zero-order chi connectivity index (χ0) is 59.7. The fourth-order valence-corrected chi connectivity index (χ4v) is 9.33. The number of H-pyrrole nitrogens is 1. The molecule has 0 saturated heterocycles. The molecule has 0 saturated carbocycles. The number of aliphatic carboxylic acids is 3. The number of aryl methyl sites for hydroxylation is 1. The molecular formula is C55H81N11O15. The second-order valence-corrected chi connectivity index (χ2v) is 20.9. The monoisotopic (exact) mass is 1140 g/mol. The van der Waals surface area contributed by atoms with Crippen LogP contribution in [-0.2, 0) is 44.7 Å². The Kier molecular flexibility index (Phi) is 26.5. The smallest absolute Gasteiger partial charge is 0.317 e. The molecule has 26 heteroatoms. The number of carboxylic acids is 3. The first-order valence-electron chi connectivity index (χ1n) is 26.6. The number of anilines is 3. The molecule has 81 heavy (non-hydrogen) atoms. The Morgan fingerprint density at radius 1 is 0.704 bits per heavy atom. The van der Waals surface area contributed by atoms with Gasteiger partial charge in [0.05, 0.1) is 85.5 Å². The second kappa shape index (κ2) is 32.6. The number of amides is 3. The lowest BCUT2D eigenvalue weighted by Gasteiger charge is -2.41. The van der Waals surface area contributed by atoms with Crippen molar-refractivity contribution >= 4 is 64.0 Å². The van der Waals surface area contributed by atoms with Gasteiger partial charge in [-0.25, -0.2) is 4.98 Å². The van der Waals surface area contributed by atoms with Crippen LogP contribution in [-0.4, -0.2) is 200 Å². The van der Waals surface area contributed by atoms with E-state index in [0.717, 1.165) is 16.5 Å². The van der Waals surface area contributed by atoms with Crippen LogP contribution in [0.1, 0.15) is 70.1 Å². The Morgan fingerprint density at radius 3 is 1.86 bits per heavy atom. The van der Waals surface area contributed by atoms with E-state index in [1.807, 2.05) is 39.8 Å². The summed E-state index contributed by atoms with van der Waals surface area (Å²) in [4.78, 5) is 102. The lowest BCUT2D eigenvalue weighted by molar-refractivity contribution is -0.140. The summed E-state index contributed by atoms with van der Waals surface area (Å²) in [5.41, 5.74) is 13.1. The minimum absolute atomic E-state index is 0.0897. The first-order chi connectivity index (χ1) is 38.4. The highest BCUT2D eigenvalue weighted by atomic mass is 16.5. The van der Waals surface area contributed by atoms with Crippen LogP contribution >= 0.6 is 0 Å². The molecule has 446 valence electrons. The zero-order valence-corrected chi connectivity index (χ0v) is 47.5. The van der Waals surface area contributed by atoms with Crippen LogP contribution in [0.4, 0.5) is 17.5 Å². The number of pyridine rings is 1. The number of aromatic nitrogens is 3. The minimum atomic E-state index is -1.16. The van der Waals surface area contributed by atoms with Gasteiger partial charge in [-0.1, -0.05) is 33.8 Å². The van der Waals surface area contributed by atoms with Crippen LogP contribution in [0.2, 0.25) is 0 Å². The number of carboxylic acid groups (broad SMARTS) is 3. The van der Waals surface area contributed by atoms with Crippen LogP contribution < -0.4 is 47.2 Å². The number of unbranched alkanes of at least 4 members (excludes halogenated alkanes) is 1. The second-order valence-electron chi connectivity index (χ2n) is 20.9. The first-order valence-corrected chi connectivity index (χ1v) is 26.6. The van der Waals surface area contributed by atoms with Gasteiger partial charge in [-0.15, -0.1) is 0 Å². The molecular weight excluding hydrogens is 1050 g/mol. The molecule has 4 aromatic rings. The van der Waals surface area contributed by atoms with Crippen molar-refractivity contribution in [2.75, 3.05) is 136 Å². The van der Waals surface area contributed by atoms with E-state index in [4.69, 9.17) is 35.2 Å². The van der Waals surface area contributed by atoms with E-state index >= 15 is 0 Å². The molecule has 2 aromatic carbocycles. The van der Waals surface area contributed by atoms with Gasteiger partial charge in [-0.05, 0) is 72.4 Å². The fraction of sp³-hybridized carbons (Fsp3) is 0.545. The van der Waals surface area contributed by atoms with E-state index in [1.54, 1.807) is 36.2 Å². The SMILES string of the molecule is CCC(C)(CN(CC(=O)O)CC(=O)Nc1ccc2c(C)cc(=O)[nH]c2c1)CN(CC(=O)O)CC(C)(C)CN(CC(=O)O)CC(=O)NCCOCCOCCNC(=O)CCCCOc1c(OC)cc(Cc2cnc(N)nc2N)cc1OC. The number of hydrogen-bond acceptors (Lipinski definition) is 19. The molecule has 0 aliphatic carbocycles. The van der Waals surface area contributed by atoms with Crippen molar-refractivity contribution in [1.82, 2.24) is 40.3 Å². The molecule has 0 fully saturated rings. The van der Waals surface area contributed by atoms with E-state index in [2.05, 4.69) is 30.9 Å². The summed E-state index contributed by atoms with van der Waals surface area (Å²) in [7, 11) is 3.06. The molecule has 2 heterocycles. The van der Waals surface area contributed by atoms with Gasteiger partial charge in [0, 0.05) is 81.0 Å². The summed E-state index contributed by atoms with van der Waals surface area (Å²) >= 11 is 0. The summed E-state index contributed by atoms with van der Waals surface area (Å²) in [5.74, 6) is -2.73. The van der Waals surface area contributed by atoms with Gasteiger partial charge in [-0.2, -0.15) is 4.98 Å². The number of nitrogens with one attached hydrogen (secondary N) is 4. The van der Waals surface area contributed by atoms with E-state index in [-0.39, 0.29) is 108 Å². The Bertz CT molecular complexity index is 2790. The van der Waals surface area contributed by atoms with E-state index in [9.17, 15) is 48.9 Å². The molecule has 1 atom stereocenters. The Balaban J connectivity index is 1.14. The maximum Gasteiger partial charge on any atom is 0.317 e. The Morgan fingerprint density at radius 2 is 1.27 bits per heavy atom. The summed E-state index contributed by atoms with van der Waals surface area (Å²) < 4.78 is 28.3. The topological polar surface area (TPSA) is 366 Å². The van der Waals surface area contributed by atoms with E-state index in [1.165, 1.54) is 30.1 Å². The highest BCUT2D eigenvalue weighted by molar-refractivity contribution is 5.95. The number of ether oxygens (including phenoxy) is 5. The number of benzene rings is 2. The third-order valence-electron chi connectivity index (χ3n) is 12.9.